The second-order valence-electron chi connectivity index (χ2n) is 13.0. The normalized spacial score (nSPS) is 12.6. The number of aliphatic hydroxyl groups excluding tert-OH is 1. The van der Waals surface area contributed by atoms with E-state index in [-0.39, 0.29) is 11.9 Å². The summed E-state index contributed by atoms with van der Waals surface area (Å²) in [6.45, 7) is 19.2. The number of allylic oxidation sites excluding steroid dienone is 2. The number of carbonyl (C=O) groups is 1. The summed E-state index contributed by atoms with van der Waals surface area (Å²) in [5.41, 5.74) is 1.19. The Morgan fingerprint density at radius 2 is 1.63 bits per heavy atom. The van der Waals surface area contributed by atoms with Gasteiger partial charge >= 0.3 is 6.18 Å². The van der Waals surface area contributed by atoms with Crippen LogP contribution in [0, 0.1) is 10.8 Å². The standard InChI is InChI=1S/C35H49F3N6S2.CH2O2.CH4O/c1-9-17-28(32(46-41-8)42-24-34(5,6)35(36,37)38)31(40-7)27-20-14-13-19-26(27)18-12-10-11-15-23-44(25-33(2,3)4)29-21-16-22-30(43-29)45-39;2-1-3;1-2/h9,13-14,16-17,19-22H,7-8,10-12,15,18,23-25,39H2,1-6H3;1H,(H,2,3);2H,1H3/b17-9-,31-28+,42-32?;;. The lowest BCUT2D eigenvalue weighted by molar-refractivity contribution is -0.207. The molecule has 0 saturated carbocycles. The molecule has 0 aliphatic rings. The molecular formula is C37H55F3N6O3S2. The monoisotopic (exact) mass is 752 g/mol. The number of nitrogens with two attached hydrogens (primary N) is 1. The molecule has 1 aromatic carbocycles. The van der Waals surface area contributed by atoms with Crippen molar-refractivity contribution in [1.82, 2.24) is 4.98 Å². The average Bonchev–Trinajstić information content (AvgIpc) is 3.08. The Labute approximate surface area is 310 Å². The quantitative estimate of drug-likeness (QED) is 0.0363. The fraction of sp³-hybridized carbons (Fsp3) is 0.486. The number of rotatable bonds is 17. The van der Waals surface area contributed by atoms with Crippen LogP contribution in [0.2, 0.25) is 0 Å². The van der Waals surface area contributed by atoms with E-state index in [1.54, 1.807) is 12.2 Å². The first kappa shape index (κ1) is 47.5. The summed E-state index contributed by atoms with van der Waals surface area (Å²) in [5, 5.41) is 20.8. The molecule has 4 N–H and O–H groups in total. The Morgan fingerprint density at radius 3 is 2.18 bits per heavy atom. The lowest BCUT2D eigenvalue weighted by Gasteiger charge is -2.31. The fourth-order valence-electron chi connectivity index (χ4n) is 4.75. The van der Waals surface area contributed by atoms with Gasteiger partial charge < -0.3 is 15.1 Å². The first-order valence-corrected chi connectivity index (χ1v) is 18.0. The van der Waals surface area contributed by atoms with Crippen LogP contribution in [0.25, 0.3) is 5.70 Å². The third-order valence-corrected chi connectivity index (χ3v) is 8.35. The lowest BCUT2D eigenvalue weighted by Crippen LogP contribution is -2.35. The molecular weight excluding hydrogens is 698 g/mol. The van der Waals surface area contributed by atoms with Crippen molar-refractivity contribution in [2.45, 2.75) is 84.8 Å². The van der Waals surface area contributed by atoms with Crippen molar-refractivity contribution in [3.05, 3.63) is 71.3 Å². The van der Waals surface area contributed by atoms with Crippen molar-refractivity contribution >= 4 is 60.4 Å². The van der Waals surface area contributed by atoms with E-state index in [1.807, 2.05) is 43.3 Å². The predicted octanol–water partition coefficient (Wildman–Crippen LogP) is 9.34. The molecule has 0 atom stereocenters. The molecule has 0 aliphatic carbocycles. The molecule has 14 heteroatoms. The lowest BCUT2D eigenvalue weighted by atomic mass is 9.93. The van der Waals surface area contributed by atoms with E-state index in [0.29, 0.717) is 16.3 Å². The van der Waals surface area contributed by atoms with Gasteiger partial charge in [-0.15, -0.1) is 0 Å². The van der Waals surface area contributed by atoms with Gasteiger partial charge in [-0.1, -0.05) is 76.1 Å². The van der Waals surface area contributed by atoms with Crippen molar-refractivity contribution in [1.29, 1.82) is 0 Å². The minimum atomic E-state index is -4.40. The third-order valence-electron chi connectivity index (χ3n) is 7.23. The Bertz CT molecular complexity index is 1440. The fourth-order valence-corrected chi connectivity index (χ4v) is 5.56. The Morgan fingerprint density at radius 1 is 1.00 bits per heavy atom. The number of hydrogen-bond donors (Lipinski definition) is 3. The van der Waals surface area contributed by atoms with Crippen LogP contribution < -0.4 is 10.0 Å². The summed E-state index contributed by atoms with van der Waals surface area (Å²) in [4.78, 5) is 24.2. The molecule has 284 valence electrons. The third kappa shape index (κ3) is 17.5. The summed E-state index contributed by atoms with van der Waals surface area (Å²) < 4.78 is 44.7. The number of benzene rings is 1. The maximum Gasteiger partial charge on any atom is 0.395 e. The molecule has 51 heavy (non-hydrogen) atoms. The number of anilines is 1. The zero-order valence-electron chi connectivity index (χ0n) is 30.9. The number of aryl methyl sites for hydroxylation is 1. The molecule has 0 fully saturated rings. The average molecular weight is 753 g/mol. The summed E-state index contributed by atoms with van der Waals surface area (Å²) >= 11 is 2.09. The maximum absolute atomic E-state index is 13.6. The second-order valence-corrected chi connectivity index (χ2v) is 14.5. The predicted molar refractivity (Wildman–Crippen MR) is 212 cm³/mol. The van der Waals surface area contributed by atoms with Crippen LogP contribution in [0.15, 0.2) is 79.6 Å². The van der Waals surface area contributed by atoms with Crippen LogP contribution >= 0.6 is 23.9 Å². The maximum atomic E-state index is 13.6. The Hall–Kier alpha value is -3.46. The molecule has 1 heterocycles. The number of alkyl halides is 3. The topological polar surface area (TPSA) is 137 Å². The van der Waals surface area contributed by atoms with E-state index in [0.717, 1.165) is 112 Å². The highest BCUT2D eigenvalue weighted by Crippen LogP contribution is 2.38. The first-order valence-electron chi connectivity index (χ1n) is 16.4. The molecule has 0 unspecified atom stereocenters. The Balaban J connectivity index is 0.00000473. The van der Waals surface area contributed by atoms with Gasteiger partial charge in [0.2, 0.25) is 0 Å². The number of aliphatic imine (C=N–C) groups is 2. The van der Waals surface area contributed by atoms with Gasteiger partial charge in [-0.05, 0) is 88.5 Å². The summed E-state index contributed by atoms with van der Waals surface area (Å²) in [6.07, 6.45) is 4.13. The molecule has 1 aromatic heterocycles. The van der Waals surface area contributed by atoms with Crippen LogP contribution in [0.4, 0.5) is 19.0 Å². The molecule has 0 spiro atoms. The van der Waals surface area contributed by atoms with Gasteiger partial charge in [-0.3, -0.25) is 19.9 Å². The minimum absolute atomic E-state index is 0.118. The molecule has 2 rings (SSSR count). The zero-order valence-corrected chi connectivity index (χ0v) is 32.5. The Kier molecular flexibility index (Phi) is 23.0. The summed E-state index contributed by atoms with van der Waals surface area (Å²) in [7, 11) is 1.00. The highest BCUT2D eigenvalue weighted by molar-refractivity contribution is 8.13. The van der Waals surface area contributed by atoms with Gasteiger partial charge in [0.1, 0.15) is 15.9 Å². The highest BCUT2D eigenvalue weighted by atomic mass is 32.2. The van der Waals surface area contributed by atoms with Crippen molar-refractivity contribution in [2.24, 2.45) is 30.4 Å². The van der Waals surface area contributed by atoms with Crippen molar-refractivity contribution in [3.63, 3.8) is 0 Å². The molecule has 9 nitrogen and oxygen atoms in total. The largest absolute Gasteiger partial charge is 0.483 e. The highest BCUT2D eigenvalue weighted by Gasteiger charge is 2.47. The number of hydrogen-bond acceptors (Lipinski definition) is 10. The van der Waals surface area contributed by atoms with E-state index in [4.69, 9.17) is 25.1 Å². The number of aliphatic hydroxyl groups is 1. The van der Waals surface area contributed by atoms with E-state index >= 15 is 0 Å². The van der Waals surface area contributed by atoms with E-state index in [9.17, 15) is 13.2 Å². The minimum Gasteiger partial charge on any atom is -0.483 e. The molecule has 0 radical (unpaired) electrons. The summed E-state index contributed by atoms with van der Waals surface area (Å²) in [5.74, 6) is 0.946. The van der Waals surface area contributed by atoms with Crippen molar-refractivity contribution in [2.75, 3.05) is 31.6 Å². The number of nitrogens with zero attached hydrogens (tertiary/aromatic N) is 5. The zero-order chi connectivity index (χ0) is 39.1. The van der Waals surface area contributed by atoms with Crippen molar-refractivity contribution < 1.29 is 28.2 Å². The van der Waals surface area contributed by atoms with E-state index in [1.165, 1.54) is 0 Å². The molecule has 0 aliphatic heterocycles. The van der Waals surface area contributed by atoms with Crippen LogP contribution in [0.3, 0.4) is 0 Å². The smallest absolute Gasteiger partial charge is 0.395 e. The van der Waals surface area contributed by atoms with Gasteiger partial charge in [0.05, 0.1) is 17.7 Å². The summed E-state index contributed by atoms with van der Waals surface area (Å²) in [6, 6.07) is 13.9. The molecule has 0 saturated heterocycles. The van der Waals surface area contributed by atoms with Gasteiger partial charge in [0, 0.05) is 43.3 Å². The van der Waals surface area contributed by atoms with Gasteiger partial charge in [-0.25, -0.2) is 9.38 Å². The molecule has 0 amide bonds. The number of halogens is 3. The van der Waals surface area contributed by atoms with Gasteiger partial charge in [-0.2, -0.15) is 13.2 Å². The molecule has 0 bridgehead atoms. The van der Waals surface area contributed by atoms with Crippen molar-refractivity contribution in [3.8, 4) is 0 Å². The number of carboxylic acid groups (broad SMARTS) is 1. The first-order chi connectivity index (χ1) is 24.1. The SMILES string of the molecule is C=NSC(=NCC(C)(C)C(F)(F)F)C(/C=C\C)=C(/N=C)c1ccccc1CCCCCCN(CC(C)(C)C)c1cccc(SN)n1.CO.O=CO. The number of aromatic nitrogens is 1. The van der Waals surface area contributed by atoms with Crippen LogP contribution in [-0.4, -0.2) is 73.1 Å². The second kappa shape index (κ2) is 24.7. The van der Waals surface area contributed by atoms with Gasteiger partial charge in [0.25, 0.3) is 6.47 Å². The van der Waals surface area contributed by atoms with E-state index < -0.39 is 18.1 Å². The van der Waals surface area contributed by atoms with Crippen LogP contribution in [-0.2, 0) is 11.2 Å². The number of unbranched alkanes of at least 4 members (excludes halogenated alkanes) is 3. The van der Waals surface area contributed by atoms with Crippen LogP contribution in [0.5, 0.6) is 0 Å². The molecule has 2 aromatic rings. The van der Waals surface area contributed by atoms with Crippen LogP contribution in [0.1, 0.15) is 78.4 Å². The van der Waals surface area contributed by atoms with E-state index in [2.05, 4.69) is 59.6 Å². The van der Waals surface area contributed by atoms with Gasteiger partial charge in [0.15, 0.2) is 0 Å². The number of pyridine rings is 1.